The van der Waals surface area contributed by atoms with E-state index in [0.29, 0.717) is 11.3 Å². The lowest BCUT2D eigenvalue weighted by Gasteiger charge is -2.13. The van der Waals surface area contributed by atoms with Gasteiger partial charge in [0.15, 0.2) is 0 Å². The van der Waals surface area contributed by atoms with E-state index < -0.39 is 5.91 Å². The second-order valence-electron chi connectivity index (χ2n) is 9.30. The summed E-state index contributed by atoms with van der Waals surface area (Å²) in [6.07, 6.45) is 1.67. The smallest absolute Gasteiger partial charge is 0.272 e. The van der Waals surface area contributed by atoms with Crippen LogP contribution < -0.4 is 16.0 Å². The number of rotatable bonds is 9. The Morgan fingerprint density at radius 3 is 2.12 bits per heavy atom. The zero-order chi connectivity index (χ0) is 28.5. The van der Waals surface area contributed by atoms with Crippen LogP contribution in [-0.4, -0.2) is 23.5 Å². The van der Waals surface area contributed by atoms with Crippen LogP contribution >= 0.6 is 11.8 Å². The van der Waals surface area contributed by atoms with Crippen molar-refractivity contribution in [1.82, 2.24) is 5.32 Å². The van der Waals surface area contributed by atoms with Gasteiger partial charge in [-0.3, -0.25) is 14.4 Å². The number of carbonyl (C=O) groups excluding carboxylic acids is 3. The van der Waals surface area contributed by atoms with Crippen LogP contribution in [0.5, 0.6) is 0 Å². The molecule has 202 valence electrons. The Kier molecular flexibility index (Phi) is 9.54. The van der Waals surface area contributed by atoms with Crippen molar-refractivity contribution in [2.75, 3.05) is 16.4 Å². The molecule has 0 fully saturated rings. The van der Waals surface area contributed by atoms with Crippen LogP contribution in [0.2, 0.25) is 0 Å². The Labute approximate surface area is 238 Å². The van der Waals surface area contributed by atoms with Gasteiger partial charge in [-0.1, -0.05) is 54.6 Å². The van der Waals surface area contributed by atoms with Gasteiger partial charge in [-0.05, 0) is 91.6 Å². The number of amides is 3. The molecule has 0 aromatic heterocycles. The van der Waals surface area contributed by atoms with Gasteiger partial charge < -0.3 is 16.0 Å². The van der Waals surface area contributed by atoms with Gasteiger partial charge >= 0.3 is 0 Å². The summed E-state index contributed by atoms with van der Waals surface area (Å²) in [4.78, 5) is 39.5. The van der Waals surface area contributed by atoms with E-state index in [1.54, 1.807) is 42.5 Å². The van der Waals surface area contributed by atoms with E-state index in [-0.39, 0.29) is 23.3 Å². The van der Waals surface area contributed by atoms with Crippen LogP contribution in [0.25, 0.3) is 6.08 Å². The zero-order valence-electron chi connectivity index (χ0n) is 22.7. The van der Waals surface area contributed by atoms with E-state index in [1.165, 1.54) is 11.8 Å². The lowest BCUT2D eigenvalue weighted by molar-refractivity contribution is -0.114. The van der Waals surface area contributed by atoms with Crippen LogP contribution in [0.1, 0.15) is 32.6 Å². The first kappa shape index (κ1) is 28.4. The number of anilines is 2. The van der Waals surface area contributed by atoms with Crippen LogP contribution in [-0.2, 0) is 9.59 Å². The van der Waals surface area contributed by atoms with Gasteiger partial charge in [0, 0.05) is 21.8 Å². The second kappa shape index (κ2) is 13.4. The standard InChI is InChI=1S/C33H31N3O3S/c1-22-11-9-15-29(24(22)3)35-31(37)21-40-28-18-16-27(17-19-28)34-33(39)30(20-26-14-8-7-10-23(26)2)36-32(38)25-12-5-4-6-13-25/h4-20H,21H2,1-3H3,(H,34,39)(H,35,37)(H,36,38)/b30-20-. The molecule has 0 spiro atoms. The summed E-state index contributed by atoms with van der Waals surface area (Å²) in [5.74, 6) is -0.646. The van der Waals surface area contributed by atoms with Gasteiger partial charge in [-0.25, -0.2) is 0 Å². The van der Waals surface area contributed by atoms with Gasteiger partial charge in [0.2, 0.25) is 5.91 Å². The molecule has 0 bridgehead atoms. The average molecular weight is 550 g/mol. The molecule has 0 aliphatic rings. The number of benzene rings is 4. The quantitative estimate of drug-likeness (QED) is 0.159. The number of nitrogens with one attached hydrogen (secondary N) is 3. The minimum Gasteiger partial charge on any atom is -0.325 e. The van der Waals surface area contributed by atoms with E-state index in [1.807, 2.05) is 81.4 Å². The van der Waals surface area contributed by atoms with Gasteiger partial charge in [0.05, 0.1) is 5.75 Å². The summed E-state index contributed by atoms with van der Waals surface area (Å²) >= 11 is 1.41. The number of aryl methyl sites for hydroxylation is 2. The molecule has 7 heteroatoms. The summed E-state index contributed by atoms with van der Waals surface area (Å²) in [6, 6.07) is 29.4. The van der Waals surface area contributed by atoms with Crippen molar-refractivity contribution in [2.24, 2.45) is 0 Å². The highest BCUT2D eigenvalue weighted by Gasteiger charge is 2.16. The summed E-state index contributed by atoms with van der Waals surface area (Å²) in [6.45, 7) is 5.94. The minimum absolute atomic E-state index is 0.0868. The lowest BCUT2D eigenvalue weighted by Crippen LogP contribution is -2.30. The molecule has 3 amide bonds. The van der Waals surface area contributed by atoms with Crippen LogP contribution in [0.4, 0.5) is 11.4 Å². The predicted molar refractivity (Wildman–Crippen MR) is 163 cm³/mol. The molecular weight excluding hydrogens is 518 g/mol. The third kappa shape index (κ3) is 7.71. The van der Waals surface area contributed by atoms with Crippen LogP contribution in [0, 0.1) is 20.8 Å². The fourth-order valence-electron chi connectivity index (χ4n) is 3.90. The monoisotopic (exact) mass is 549 g/mol. The van der Waals surface area contributed by atoms with Gasteiger partial charge in [-0.2, -0.15) is 0 Å². The molecule has 4 rings (SSSR count). The maximum Gasteiger partial charge on any atom is 0.272 e. The zero-order valence-corrected chi connectivity index (χ0v) is 23.5. The molecule has 4 aromatic rings. The maximum atomic E-state index is 13.3. The summed E-state index contributed by atoms with van der Waals surface area (Å²) < 4.78 is 0. The Bertz CT molecular complexity index is 1550. The second-order valence-corrected chi connectivity index (χ2v) is 10.3. The number of carbonyl (C=O) groups is 3. The molecule has 0 heterocycles. The Hall–Kier alpha value is -4.62. The molecule has 6 nitrogen and oxygen atoms in total. The fourth-order valence-corrected chi connectivity index (χ4v) is 4.60. The highest BCUT2D eigenvalue weighted by molar-refractivity contribution is 8.00. The van der Waals surface area contributed by atoms with Gasteiger partial charge in [0.25, 0.3) is 11.8 Å². The molecule has 0 saturated carbocycles. The topological polar surface area (TPSA) is 87.3 Å². The first-order valence-corrected chi connectivity index (χ1v) is 13.8. The SMILES string of the molecule is Cc1ccccc1/C=C(\NC(=O)c1ccccc1)C(=O)Nc1ccc(SCC(=O)Nc2cccc(C)c2C)cc1. The van der Waals surface area contributed by atoms with E-state index in [2.05, 4.69) is 16.0 Å². The predicted octanol–water partition coefficient (Wildman–Crippen LogP) is 6.75. The Morgan fingerprint density at radius 2 is 1.40 bits per heavy atom. The van der Waals surface area contributed by atoms with E-state index >= 15 is 0 Å². The first-order valence-electron chi connectivity index (χ1n) is 12.8. The lowest BCUT2D eigenvalue weighted by atomic mass is 10.1. The normalized spacial score (nSPS) is 11.0. The third-order valence-corrected chi connectivity index (χ3v) is 7.39. The molecular formula is C33H31N3O3S. The molecule has 0 unspecified atom stereocenters. The highest BCUT2D eigenvalue weighted by atomic mass is 32.2. The van der Waals surface area contributed by atoms with Gasteiger partial charge in [-0.15, -0.1) is 11.8 Å². The van der Waals surface area contributed by atoms with Crippen LogP contribution in [0.15, 0.2) is 108 Å². The highest BCUT2D eigenvalue weighted by Crippen LogP contribution is 2.23. The first-order chi connectivity index (χ1) is 19.3. The number of thioether (sulfide) groups is 1. The molecule has 0 saturated heterocycles. The van der Waals surface area contributed by atoms with Crippen molar-refractivity contribution in [2.45, 2.75) is 25.7 Å². The average Bonchev–Trinajstić information content (AvgIpc) is 2.96. The van der Waals surface area contributed by atoms with Crippen LogP contribution in [0.3, 0.4) is 0 Å². The molecule has 40 heavy (non-hydrogen) atoms. The van der Waals surface area contributed by atoms with Crippen molar-refractivity contribution >= 4 is 46.9 Å². The summed E-state index contributed by atoms with van der Waals surface area (Å²) in [7, 11) is 0. The van der Waals surface area contributed by atoms with Crippen molar-refractivity contribution < 1.29 is 14.4 Å². The largest absolute Gasteiger partial charge is 0.325 e. The molecule has 4 aromatic carbocycles. The van der Waals surface area contributed by atoms with Gasteiger partial charge in [0.1, 0.15) is 5.70 Å². The number of hydrogen-bond donors (Lipinski definition) is 3. The third-order valence-electron chi connectivity index (χ3n) is 6.38. The van der Waals surface area contributed by atoms with E-state index in [4.69, 9.17) is 0 Å². The number of hydrogen-bond acceptors (Lipinski definition) is 4. The molecule has 0 radical (unpaired) electrons. The maximum absolute atomic E-state index is 13.3. The van der Waals surface area contributed by atoms with Crippen molar-refractivity contribution in [3.05, 3.63) is 131 Å². The van der Waals surface area contributed by atoms with E-state index in [0.717, 1.165) is 32.8 Å². The van der Waals surface area contributed by atoms with Crippen molar-refractivity contribution in [3.63, 3.8) is 0 Å². The van der Waals surface area contributed by atoms with Crippen molar-refractivity contribution in [1.29, 1.82) is 0 Å². The Morgan fingerprint density at radius 1 is 0.725 bits per heavy atom. The fraction of sp³-hybridized carbons (Fsp3) is 0.121. The molecule has 0 aliphatic carbocycles. The Balaban J connectivity index is 1.41. The molecule has 3 N–H and O–H groups in total. The minimum atomic E-state index is -0.444. The van der Waals surface area contributed by atoms with E-state index in [9.17, 15) is 14.4 Å². The summed E-state index contributed by atoms with van der Waals surface area (Å²) in [5.41, 5.74) is 5.95. The molecule has 0 aliphatic heterocycles. The summed E-state index contributed by atoms with van der Waals surface area (Å²) in [5, 5.41) is 8.59. The molecule has 0 atom stereocenters. The van der Waals surface area contributed by atoms with Crippen molar-refractivity contribution in [3.8, 4) is 0 Å².